The molecule has 0 heterocycles. The minimum atomic E-state index is -0.127. The molecule has 0 spiro atoms. The van der Waals surface area contributed by atoms with Crippen LogP contribution in [-0.2, 0) is 11.2 Å². The summed E-state index contributed by atoms with van der Waals surface area (Å²) in [6.45, 7) is 8.01. The van der Waals surface area contributed by atoms with E-state index in [9.17, 15) is 4.79 Å². The molecule has 1 aromatic carbocycles. The molecule has 0 aromatic heterocycles. The number of carbonyl (C=O) groups excluding carboxylic acids is 1. The highest BCUT2D eigenvalue weighted by Gasteiger charge is 2.13. The van der Waals surface area contributed by atoms with E-state index in [0.717, 1.165) is 5.56 Å². The van der Waals surface area contributed by atoms with Gasteiger partial charge in [-0.1, -0.05) is 25.4 Å². The fraction of sp³-hybridized carbons (Fsp3) is 0.562. The van der Waals surface area contributed by atoms with E-state index in [4.69, 9.17) is 22.1 Å². The number of hydrogen-bond donors (Lipinski definition) is 2. The quantitative estimate of drug-likeness (QED) is 0.813. The normalized spacial score (nSPS) is 13.9. The molecule has 118 valence electrons. The minimum Gasteiger partial charge on any atom is -0.483 e. The second-order valence-corrected chi connectivity index (χ2v) is 6.26. The summed E-state index contributed by atoms with van der Waals surface area (Å²) in [5, 5.41) is 3.54. The summed E-state index contributed by atoms with van der Waals surface area (Å²) < 4.78 is 5.61. The van der Waals surface area contributed by atoms with Crippen LogP contribution >= 0.6 is 11.6 Å². The van der Waals surface area contributed by atoms with Gasteiger partial charge in [0, 0.05) is 17.1 Å². The van der Waals surface area contributed by atoms with Crippen molar-refractivity contribution in [1.82, 2.24) is 5.32 Å². The lowest BCUT2D eigenvalue weighted by Gasteiger charge is -2.18. The number of benzene rings is 1. The van der Waals surface area contributed by atoms with Crippen molar-refractivity contribution < 1.29 is 9.53 Å². The van der Waals surface area contributed by atoms with Crippen LogP contribution in [-0.4, -0.2) is 24.6 Å². The average molecular weight is 313 g/mol. The molecule has 1 aromatic rings. The van der Waals surface area contributed by atoms with Crippen LogP contribution in [0.25, 0.3) is 0 Å². The van der Waals surface area contributed by atoms with E-state index < -0.39 is 0 Å². The monoisotopic (exact) mass is 312 g/mol. The molecular formula is C16H25ClN2O2. The number of hydrogen-bond acceptors (Lipinski definition) is 3. The number of carbonyl (C=O) groups is 1. The van der Waals surface area contributed by atoms with Crippen LogP contribution in [0.2, 0.25) is 5.02 Å². The topological polar surface area (TPSA) is 64.3 Å². The summed E-state index contributed by atoms with van der Waals surface area (Å²) in [5.74, 6) is 0.917. The number of nitrogens with one attached hydrogen (secondary N) is 1. The lowest BCUT2D eigenvalue weighted by Crippen LogP contribution is -2.39. The molecule has 3 N–H and O–H groups in total. The molecule has 1 amide bonds. The summed E-state index contributed by atoms with van der Waals surface area (Å²) >= 11 is 5.99. The Kier molecular flexibility index (Phi) is 6.99. The van der Waals surface area contributed by atoms with E-state index in [2.05, 4.69) is 19.2 Å². The van der Waals surface area contributed by atoms with E-state index in [0.29, 0.717) is 23.1 Å². The molecule has 0 fully saturated rings. The molecule has 0 aliphatic rings. The zero-order chi connectivity index (χ0) is 16.0. The van der Waals surface area contributed by atoms with Gasteiger partial charge in [0.2, 0.25) is 0 Å². The molecule has 4 nitrogen and oxygen atoms in total. The Morgan fingerprint density at radius 2 is 2.00 bits per heavy atom. The van der Waals surface area contributed by atoms with Crippen LogP contribution in [0.1, 0.15) is 33.3 Å². The van der Waals surface area contributed by atoms with Crippen molar-refractivity contribution in [3.05, 3.63) is 28.8 Å². The summed E-state index contributed by atoms with van der Waals surface area (Å²) in [6.07, 6.45) is 0.653. The van der Waals surface area contributed by atoms with Gasteiger partial charge in [0.25, 0.3) is 5.91 Å². The van der Waals surface area contributed by atoms with Crippen molar-refractivity contribution in [3.63, 3.8) is 0 Å². The lowest BCUT2D eigenvalue weighted by molar-refractivity contribution is -0.124. The Morgan fingerprint density at radius 1 is 1.33 bits per heavy atom. The zero-order valence-corrected chi connectivity index (χ0v) is 13.9. The smallest absolute Gasteiger partial charge is 0.258 e. The zero-order valence-electron chi connectivity index (χ0n) is 13.2. The van der Waals surface area contributed by atoms with Crippen LogP contribution in [0.15, 0.2) is 18.2 Å². The van der Waals surface area contributed by atoms with Crippen molar-refractivity contribution in [3.8, 4) is 5.75 Å². The molecule has 2 atom stereocenters. The van der Waals surface area contributed by atoms with Gasteiger partial charge in [-0.05, 0) is 49.9 Å². The Morgan fingerprint density at radius 3 is 2.57 bits per heavy atom. The van der Waals surface area contributed by atoms with E-state index in [-0.39, 0.29) is 24.6 Å². The van der Waals surface area contributed by atoms with Gasteiger partial charge < -0.3 is 15.8 Å². The average Bonchev–Trinajstić information content (AvgIpc) is 2.36. The Balaban J connectivity index is 2.64. The van der Waals surface area contributed by atoms with E-state index in [1.807, 2.05) is 19.9 Å². The molecule has 21 heavy (non-hydrogen) atoms. The van der Waals surface area contributed by atoms with Gasteiger partial charge in [-0.3, -0.25) is 4.79 Å². The van der Waals surface area contributed by atoms with Crippen LogP contribution in [0.4, 0.5) is 0 Å². The highest BCUT2D eigenvalue weighted by molar-refractivity contribution is 6.30. The largest absolute Gasteiger partial charge is 0.483 e. The van der Waals surface area contributed by atoms with Crippen molar-refractivity contribution in [2.75, 3.05) is 6.61 Å². The number of rotatable bonds is 7. The summed E-state index contributed by atoms with van der Waals surface area (Å²) in [5.41, 5.74) is 6.74. The maximum atomic E-state index is 11.8. The maximum absolute atomic E-state index is 11.8. The molecule has 0 bridgehead atoms. The predicted molar refractivity (Wildman–Crippen MR) is 86.7 cm³/mol. The predicted octanol–water partition coefficient (Wildman–Crippen LogP) is 2.77. The Hall–Kier alpha value is -1.26. The van der Waals surface area contributed by atoms with Crippen LogP contribution in [0.5, 0.6) is 5.75 Å². The third kappa shape index (κ3) is 6.36. The van der Waals surface area contributed by atoms with Crippen molar-refractivity contribution in [1.29, 1.82) is 0 Å². The SMILES string of the molecule is CC(N)Cc1cc(Cl)ccc1OCC(=O)NC(C)C(C)C. The van der Waals surface area contributed by atoms with Gasteiger partial charge in [0.15, 0.2) is 6.61 Å². The van der Waals surface area contributed by atoms with E-state index in [1.54, 1.807) is 12.1 Å². The lowest BCUT2D eigenvalue weighted by atomic mass is 10.1. The molecule has 0 radical (unpaired) electrons. The van der Waals surface area contributed by atoms with Crippen LogP contribution < -0.4 is 15.8 Å². The van der Waals surface area contributed by atoms with Gasteiger partial charge >= 0.3 is 0 Å². The number of ether oxygens (including phenoxy) is 1. The first kappa shape index (κ1) is 17.8. The van der Waals surface area contributed by atoms with Crippen molar-refractivity contribution in [2.45, 2.75) is 46.2 Å². The minimum absolute atomic E-state index is 0.000561. The fourth-order valence-corrected chi connectivity index (χ4v) is 2.00. The van der Waals surface area contributed by atoms with Gasteiger partial charge in [-0.15, -0.1) is 0 Å². The van der Waals surface area contributed by atoms with Crippen molar-refractivity contribution >= 4 is 17.5 Å². The number of amides is 1. The number of nitrogens with two attached hydrogens (primary N) is 1. The van der Waals surface area contributed by atoms with E-state index in [1.165, 1.54) is 0 Å². The number of halogens is 1. The standard InChI is InChI=1S/C16H25ClN2O2/c1-10(2)12(4)19-16(20)9-21-15-6-5-14(17)8-13(15)7-11(3)18/h5-6,8,10-12H,7,9,18H2,1-4H3,(H,19,20). The molecule has 0 aliphatic carbocycles. The first-order chi connectivity index (χ1) is 9.79. The maximum Gasteiger partial charge on any atom is 0.258 e. The van der Waals surface area contributed by atoms with Crippen LogP contribution in [0.3, 0.4) is 0 Å². The Labute approximate surface area is 132 Å². The van der Waals surface area contributed by atoms with Gasteiger partial charge in [-0.25, -0.2) is 0 Å². The highest BCUT2D eigenvalue weighted by atomic mass is 35.5. The van der Waals surface area contributed by atoms with Gasteiger partial charge in [0.1, 0.15) is 5.75 Å². The van der Waals surface area contributed by atoms with E-state index >= 15 is 0 Å². The fourth-order valence-electron chi connectivity index (χ4n) is 1.80. The highest BCUT2D eigenvalue weighted by Crippen LogP contribution is 2.24. The Bertz CT molecular complexity index is 475. The van der Waals surface area contributed by atoms with Gasteiger partial charge in [-0.2, -0.15) is 0 Å². The second-order valence-electron chi connectivity index (χ2n) is 5.82. The molecule has 0 saturated carbocycles. The molecule has 0 aliphatic heterocycles. The summed E-state index contributed by atoms with van der Waals surface area (Å²) in [4.78, 5) is 11.8. The first-order valence-electron chi connectivity index (χ1n) is 7.25. The molecule has 5 heteroatoms. The molecule has 2 unspecified atom stereocenters. The third-order valence-corrected chi connectivity index (χ3v) is 3.55. The van der Waals surface area contributed by atoms with Crippen molar-refractivity contribution in [2.24, 2.45) is 11.7 Å². The third-order valence-electron chi connectivity index (χ3n) is 3.31. The van der Waals surface area contributed by atoms with Crippen LogP contribution in [0, 0.1) is 5.92 Å². The molecule has 0 saturated heterocycles. The molecular weight excluding hydrogens is 288 g/mol. The second kappa shape index (κ2) is 8.25. The summed E-state index contributed by atoms with van der Waals surface area (Å²) in [6, 6.07) is 5.47. The summed E-state index contributed by atoms with van der Waals surface area (Å²) in [7, 11) is 0. The molecule has 1 rings (SSSR count). The first-order valence-corrected chi connectivity index (χ1v) is 7.63. The van der Waals surface area contributed by atoms with Gasteiger partial charge in [0.05, 0.1) is 0 Å².